The molecule has 7 nitrogen and oxygen atoms in total. The molecule has 0 atom stereocenters. The molecule has 0 aliphatic rings. The lowest BCUT2D eigenvalue weighted by molar-refractivity contribution is -0.113. The molecule has 0 unspecified atom stereocenters. The van der Waals surface area contributed by atoms with E-state index >= 15 is 0 Å². The number of aromatic nitrogens is 5. The summed E-state index contributed by atoms with van der Waals surface area (Å²) in [7, 11) is 0. The van der Waals surface area contributed by atoms with E-state index in [-0.39, 0.29) is 11.7 Å². The molecule has 4 aromatic rings. The Morgan fingerprint density at radius 3 is 2.52 bits per heavy atom. The largest absolute Gasteiger partial charge is 0.310 e. The van der Waals surface area contributed by atoms with Gasteiger partial charge in [-0.05, 0) is 12.1 Å². The third kappa shape index (κ3) is 4.55. The van der Waals surface area contributed by atoms with Crippen molar-refractivity contribution >= 4 is 23.5 Å². The van der Waals surface area contributed by atoms with Crippen LogP contribution in [0.15, 0.2) is 71.9 Å². The average molecular weight is 404 g/mol. The minimum atomic E-state index is -0.144. The molecule has 0 saturated carbocycles. The fourth-order valence-corrected chi connectivity index (χ4v) is 3.41. The van der Waals surface area contributed by atoms with Crippen LogP contribution in [-0.4, -0.2) is 36.6 Å². The average Bonchev–Trinajstić information content (AvgIpc) is 3.40. The molecule has 29 heavy (non-hydrogen) atoms. The maximum absolute atomic E-state index is 12.6. The van der Waals surface area contributed by atoms with Crippen molar-refractivity contribution in [3.05, 3.63) is 72.6 Å². The number of para-hydroxylation sites is 1. The molecule has 0 radical (unpaired) electrons. The molecular weight excluding hydrogens is 384 g/mol. The highest BCUT2D eigenvalue weighted by atomic mass is 32.2. The second kappa shape index (κ2) is 8.74. The molecular formula is C21H20N6OS. The second-order valence-corrected chi connectivity index (χ2v) is 7.23. The number of aromatic amines is 1. The van der Waals surface area contributed by atoms with Gasteiger partial charge in [0.25, 0.3) is 0 Å². The highest BCUT2D eigenvalue weighted by Crippen LogP contribution is 2.25. The van der Waals surface area contributed by atoms with Crippen molar-refractivity contribution in [2.75, 3.05) is 11.1 Å². The number of hydrogen-bond acceptors (Lipinski definition) is 5. The zero-order valence-electron chi connectivity index (χ0n) is 15.9. The number of H-pyrrole nitrogens is 1. The molecule has 0 aliphatic carbocycles. The number of carbonyl (C=O) groups is 1. The van der Waals surface area contributed by atoms with E-state index in [1.807, 2.05) is 73.7 Å². The summed E-state index contributed by atoms with van der Waals surface area (Å²) < 4.78 is 1.74. The van der Waals surface area contributed by atoms with E-state index in [1.54, 1.807) is 4.68 Å². The van der Waals surface area contributed by atoms with E-state index in [4.69, 9.17) is 5.10 Å². The summed E-state index contributed by atoms with van der Waals surface area (Å²) in [6.45, 7) is 2.00. The van der Waals surface area contributed by atoms with Gasteiger partial charge >= 0.3 is 0 Å². The van der Waals surface area contributed by atoms with Crippen molar-refractivity contribution in [1.82, 2.24) is 25.0 Å². The van der Waals surface area contributed by atoms with Crippen molar-refractivity contribution in [1.29, 1.82) is 0 Å². The fraction of sp³-hybridized carbons (Fsp3) is 0.143. The van der Waals surface area contributed by atoms with Gasteiger partial charge in [-0.15, -0.1) is 5.10 Å². The topological polar surface area (TPSA) is 88.5 Å². The zero-order valence-corrected chi connectivity index (χ0v) is 16.7. The Labute approximate surface area is 172 Å². The van der Waals surface area contributed by atoms with Crippen LogP contribution in [0.2, 0.25) is 0 Å². The van der Waals surface area contributed by atoms with E-state index in [2.05, 4.69) is 20.5 Å². The van der Waals surface area contributed by atoms with Crippen molar-refractivity contribution in [3.63, 3.8) is 0 Å². The number of hydrogen-bond donors (Lipinski definition) is 2. The first kappa shape index (κ1) is 18.9. The zero-order chi connectivity index (χ0) is 20.1. The first-order chi connectivity index (χ1) is 14.2. The Balaban J connectivity index is 1.55. The van der Waals surface area contributed by atoms with Gasteiger partial charge in [0.2, 0.25) is 11.1 Å². The van der Waals surface area contributed by atoms with E-state index in [9.17, 15) is 4.79 Å². The summed E-state index contributed by atoms with van der Waals surface area (Å²) >= 11 is 1.29. The third-order valence-electron chi connectivity index (χ3n) is 4.23. The fourth-order valence-electron chi connectivity index (χ4n) is 2.80. The molecule has 1 amide bonds. The Morgan fingerprint density at radius 1 is 1.10 bits per heavy atom. The van der Waals surface area contributed by atoms with Gasteiger partial charge in [0.05, 0.1) is 17.1 Å². The normalized spacial score (nSPS) is 10.8. The SMILES string of the molecule is CCc1nc(SCC(=O)Nc2cc(-c3ccccc3)nn2-c2ccccc2)n[nH]1. The van der Waals surface area contributed by atoms with Crippen LogP contribution in [0.4, 0.5) is 5.82 Å². The molecule has 0 aliphatic heterocycles. The van der Waals surface area contributed by atoms with Gasteiger partial charge in [-0.25, -0.2) is 9.67 Å². The third-order valence-corrected chi connectivity index (χ3v) is 5.07. The van der Waals surface area contributed by atoms with Gasteiger partial charge in [0.15, 0.2) is 0 Å². The summed E-state index contributed by atoms with van der Waals surface area (Å²) in [5.74, 6) is 1.49. The number of anilines is 1. The van der Waals surface area contributed by atoms with E-state index < -0.39 is 0 Å². The minimum absolute atomic E-state index is 0.144. The molecule has 2 N–H and O–H groups in total. The summed E-state index contributed by atoms with van der Waals surface area (Å²) in [6.07, 6.45) is 0.776. The maximum Gasteiger partial charge on any atom is 0.236 e. The van der Waals surface area contributed by atoms with Gasteiger partial charge in [0, 0.05) is 18.1 Å². The van der Waals surface area contributed by atoms with Crippen LogP contribution in [0.3, 0.4) is 0 Å². The number of amides is 1. The van der Waals surface area contributed by atoms with E-state index in [0.29, 0.717) is 11.0 Å². The van der Waals surface area contributed by atoms with Gasteiger partial charge in [-0.3, -0.25) is 9.89 Å². The number of nitrogens with zero attached hydrogens (tertiary/aromatic N) is 4. The first-order valence-electron chi connectivity index (χ1n) is 9.28. The highest BCUT2D eigenvalue weighted by Gasteiger charge is 2.14. The van der Waals surface area contributed by atoms with Crippen LogP contribution < -0.4 is 5.32 Å². The summed E-state index contributed by atoms with van der Waals surface area (Å²) in [5.41, 5.74) is 2.65. The standard InChI is InChI=1S/C21H20N6OS/c1-2-18-22-21(25-24-18)29-14-20(28)23-19-13-17(15-9-5-3-6-10-15)26-27(19)16-11-7-4-8-12-16/h3-13H,2,14H2,1H3,(H,23,28)(H,22,24,25). The summed E-state index contributed by atoms with van der Waals surface area (Å²) in [4.78, 5) is 16.9. The van der Waals surface area contributed by atoms with Gasteiger partial charge < -0.3 is 5.32 Å². The molecule has 4 rings (SSSR count). The van der Waals surface area contributed by atoms with Crippen molar-refractivity contribution in [2.24, 2.45) is 0 Å². The predicted octanol–water partition coefficient (Wildman–Crippen LogP) is 3.95. The molecule has 2 heterocycles. The Hall–Kier alpha value is -3.39. The predicted molar refractivity (Wildman–Crippen MR) is 114 cm³/mol. The quantitative estimate of drug-likeness (QED) is 0.455. The number of thioether (sulfide) groups is 1. The lowest BCUT2D eigenvalue weighted by atomic mass is 10.2. The molecule has 2 aromatic carbocycles. The lowest BCUT2D eigenvalue weighted by Crippen LogP contribution is -2.17. The molecule has 0 saturated heterocycles. The second-order valence-electron chi connectivity index (χ2n) is 6.28. The smallest absolute Gasteiger partial charge is 0.236 e. The van der Waals surface area contributed by atoms with Crippen LogP contribution >= 0.6 is 11.8 Å². The Bertz CT molecular complexity index is 1090. The number of aryl methyl sites for hydroxylation is 1. The van der Waals surface area contributed by atoms with Crippen LogP contribution in [0.1, 0.15) is 12.7 Å². The van der Waals surface area contributed by atoms with Gasteiger partial charge in [0.1, 0.15) is 11.6 Å². The lowest BCUT2D eigenvalue weighted by Gasteiger charge is -2.08. The molecule has 0 fully saturated rings. The molecule has 8 heteroatoms. The van der Waals surface area contributed by atoms with E-state index in [0.717, 1.165) is 29.2 Å². The first-order valence-corrected chi connectivity index (χ1v) is 10.3. The minimum Gasteiger partial charge on any atom is -0.310 e. The molecule has 2 aromatic heterocycles. The van der Waals surface area contributed by atoms with Crippen molar-refractivity contribution in [2.45, 2.75) is 18.5 Å². The maximum atomic E-state index is 12.6. The number of rotatable bonds is 7. The Morgan fingerprint density at radius 2 is 1.83 bits per heavy atom. The number of carbonyl (C=O) groups excluding carboxylic acids is 1. The van der Waals surface area contributed by atoms with Crippen molar-refractivity contribution in [3.8, 4) is 16.9 Å². The highest BCUT2D eigenvalue weighted by molar-refractivity contribution is 7.99. The molecule has 0 spiro atoms. The van der Waals surface area contributed by atoms with Gasteiger partial charge in [-0.2, -0.15) is 5.10 Å². The van der Waals surface area contributed by atoms with Crippen LogP contribution in [0, 0.1) is 0 Å². The summed E-state index contributed by atoms with van der Waals surface area (Å²) in [5, 5.41) is 15.2. The monoisotopic (exact) mass is 404 g/mol. The number of benzene rings is 2. The van der Waals surface area contributed by atoms with Crippen molar-refractivity contribution < 1.29 is 4.79 Å². The van der Waals surface area contributed by atoms with Gasteiger partial charge in [-0.1, -0.05) is 67.2 Å². The van der Waals surface area contributed by atoms with Crippen LogP contribution in [0.25, 0.3) is 16.9 Å². The van der Waals surface area contributed by atoms with Crippen LogP contribution in [0.5, 0.6) is 0 Å². The summed E-state index contributed by atoms with van der Waals surface area (Å²) in [6, 6.07) is 21.5. The molecule has 146 valence electrons. The Kier molecular flexibility index (Phi) is 5.71. The molecule has 0 bridgehead atoms. The van der Waals surface area contributed by atoms with E-state index in [1.165, 1.54) is 11.8 Å². The number of nitrogens with one attached hydrogen (secondary N) is 2. The van der Waals surface area contributed by atoms with Crippen LogP contribution in [-0.2, 0) is 11.2 Å².